The highest BCUT2D eigenvalue weighted by Crippen LogP contribution is 2.30. The molecule has 0 aliphatic rings. The quantitative estimate of drug-likeness (QED) is 0.465. The largest absolute Gasteiger partial charge is 0.493 e. The third-order valence-corrected chi connectivity index (χ3v) is 4.89. The number of para-hydroxylation sites is 2. The van der Waals surface area contributed by atoms with Gasteiger partial charge in [-0.05, 0) is 36.8 Å². The van der Waals surface area contributed by atoms with Crippen LogP contribution in [-0.4, -0.2) is 25.1 Å². The molecule has 3 rings (SSSR count). The van der Waals surface area contributed by atoms with E-state index in [1.54, 1.807) is 25.5 Å². The first-order valence-corrected chi connectivity index (χ1v) is 9.75. The van der Waals surface area contributed by atoms with Crippen molar-refractivity contribution < 1.29 is 9.47 Å². The van der Waals surface area contributed by atoms with Gasteiger partial charge in [0.2, 0.25) is 0 Å². The second-order valence-electron chi connectivity index (χ2n) is 6.04. The normalized spacial score (nSPS) is 11.2. The number of ether oxygens (including phenoxy) is 2. The van der Waals surface area contributed by atoms with Crippen molar-refractivity contribution in [3.05, 3.63) is 70.2 Å². The number of thiazole rings is 1. The average molecular weight is 397 g/mol. The van der Waals surface area contributed by atoms with Crippen molar-refractivity contribution in [1.82, 2.24) is 15.6 Å². The molecule has 0 spiro atoms. The van der Waals surface area contributed by atoms with E-state index in [1.165, 1.54) is 4.88 Å². The Kier molecular flexibility index (Phi) is 6.86. The van der Waals surface area contributed by atoms with Crippen LogP contribution < -0.4 is 20.1 Å². The van der Waals surface area contributed by atoms with E-state index in [1.807, 2.05) is 54.7 Å². The van der Waals surface area contributed by atoms with E-state index >= 15 is 0 Å². The highest BCUT2D eigenvalue weighted by atomic mass is 32.1. The topological polar surface area (TPSA) is 67.8 Å². The van der Waals surface area contributed by atoms with Gasteiger partial charge in [-0.15, -0.1) is 11.3 Å². The molecule has 2 N–H and O–H groups in total. The minimum atomic E-state index is 0.657. The fraction of sp³-hybridized carbons (Fsp3) is 0.238. The number of nitrogens with one attached hydrogen (secondary N) is 2. The molecule has 0 saturated carbocycles. The molecule has 3 aromatic rings. The maximum atomic E-state index is 5.90. The summed E-state index contributed by atoms with van der Waals surface area (Å²) in [7, 11) is 3.39. The molecule has 0 amide bonds. The lowest BCUT2D eigenvalue weighted by atomic mass is 10.2. The molecule has 0 aliphatic carbocycles. The van der Waals surface area contributed by atoms with Gasteiger partial charge in [0.25, 0.3) is 0 Å². The van der Waals surface area contributed by atoms with Gasteiger partial charge in [0, 0.05) is 24.7 Å². The third kappa shape index (κ3) is 5.47. The van der Waals surface area contributed by atoms with E-state index in [4.69, 9.17) is 9.47 Å². The van der Waals surface area contributed by atoms with Gasteiger partial charge in [0.1, 0.15) is 10.8 Å². The van der Waals surface area contributed by atoms with E-state index in [0.717, 1.165) is 22.3 Å². The Morgan fingerprint density at radius 2 is 1.75 bits per heavy atom. The molecule has 0 fully saturated rings. The summed E-state index contributed by atoms with van der Waals surface area (Å²) in [6.45, 7) is 3.37. The SMILES string of the molecule is CN=C(NCc1ccc(Oc2ccccc2OC)cc1)NCc1ncc(C)s1. The Labute approximate surface area is 169 Å². The number of hydrogen-bond acceptors (Lipinski definition) is 5. The third-order valence-electron chi connectivity index (χ3n) is 3.98. The Balaban J connectivity index is 1.52. The Hall–Kier alpha value is -3.06. The van der Waals surface area contributed by atoms with Crippen molar-refractivity contribution in [2.24, 2.45) is 4.99 Å². The molecular formula is C21H24N4O2S. The van der Waals surface area contributed by atoms with Crippen LogP contribution in [0.1, 0.15) is 15.4 Å². The molecule has 0 radical (unpaired) electrons. The van der Waals surface area contributed by atoms with Gasteiger partial charge in [-0.25, -0.2) is 4.98 Å². The molecule has 0 bridgehead atoms. The zero-order chi connectivity index (χ0) is 19.8. The summed E-state index contributed by atoms with van der Waals surface area (Å²) in [5.41, 5.74) is 1.13. The fourth-order valence-electron chi connectivity index (χ4n) is 2.55. The highest BCUT2D eigenvalue weighted by Gasteiger charge is 2.05. The second kappa shape index (κ2) is 9.75. The van der Waals surface area contributed by atoms with E-state index in [2.05, 4.69) is 27.5 Å². The van der Waals surface area contributed by atoms with Gasteiger partial charge in [0.05, 0.1) is 13.7 Å². The average Bonchev–Trinajstić information content (AvgIpc) is 3.15. The molecule has 0 atom stereocenters. The Bertz CT molecular complexity index is 922. The van der Waals surface area contributed by atoms with Gasteiger partial charge in [-0.3, -0.25) is 4.99 Å². The number of benzene rings is 2. The van der Waals surface area contributed by atoms with Gasteiger partial charge in [-0.2, -0.15) is 0 Å². The van der Waals surface area contributed by atoms with E-state index in [0.29, 0.717) is 24.6 Å². The predicted molar refractivity (Wildman–Crippen MR) is 113 cm³/mol. The van der Waals surface area contributed by atoms with Gasteiger partial charge >= 0.3 is 0 Å². The van der Waals surface area contributed by atoms with Crippen LogP contribution in [0, 0.1) is 6.92 Å². The predicted octanol–water partition coefficient (Wildman–Crippen LogP) is 4.12. The fourth-order valence-corrected chi connectivity index (χ4v) is 3.28. The number of nitrogens with zero attached hydrogens (tertiary/aromatic N) is 2. The Morgan fingerprint density at radius 1 is 1.04 bits per heavy atom. The van der Waals surface area contributed by atoms with Crippen molar-refractivity contribution in [3.63, 3.8) is 0 Å². The monoisotopic (exact) mass is 396 g/mol. The van der Waals surface area contributed by atoms with Gasteiger partial charge in [0.15, 0.2) is 17.5 Å². The van der Waals surface area contributed by atoms with Crippen LogP contribution in [0.3, 0.4) is 0 Å². The smallest absolute Gasteiger partial charge is 0.191 e. The molecule has 1 aromatic heterocycles. The molecule has 146 valence electrons. The maximum absolute atomic E-state index is 5.90. The highest BCUT2D eigenvalue weighted by molar-refractivity contribution is 7.11. The first-order valence-electron chi connectivity index (χ1n) is 8.93. The molecule has 7 heteroatoms. The molecular weight excluding hydrogens is 372 g/mol. The molecule has 0 saturated heterocycles. The molecule has 2 aromatic carbocycles. The van der Waals surface area contributed by atoms with Crippen molar-refractivity contribution >= 4 is 17.3 Å². The van der Waals surface area contributed by atoms with Crippen molar-refractivity contribution in [2.75, 3.05) is 14.2 Å². The van der Waals surface area contributed by atoms with Crippen LogP contribution in [0.2, 0.25) is 0 Å². The van der Waals surface area contributed by atoms with Gasteiger partial charge in [-0.1, -0.05) is 24.3 Å². The van der Waals surface area contributed by atoms with E-state index in [9.17, 15) is 0 Å². The molecule has 0 aliphatic heterocycles. The van der Waals surface area contributed by atoms with E-state index in [-0.39, 0.29) is 0 Å². The zero-order valence-corrected chi connectivity index (χ0v) is 17.0. The summed E-state index contributed by atoms with van der Waals surface area (Å²) in [5.74, 6) is 2.90. The summed E-state index contributed by atoms with van der Waals surface area (Å²) >= 11 is 1.68. The summed E-state index contributed by atoms with van der Waals surface area (Å²) in [5, 5.41) is 7.62. The first-order chi connectivity index (χ1) is 13.7. The number of aryl methyl sites for hydroxylation is 1. The molecule has 6 nitrogen and oxygen atoms in total. The second-order valence-corrected chi connectivity index (χ2v) is 7.36. The minimum absolute atomic E-state index is 0.657. The van der Waals surface area contributed by atoms with Crippen molar-refractivity contribution in [2.45, 2.75) is 20.0 Å². The van der Waals surface area contributed by atoms with Crippen LogP contribution in [0.25, 0.3) is 0 Å². The molecule has 0 unspecified atom stereocenters. The van der Waals surface area contributed by atoms with Crippen LogP contribution in [0.4, 0.5) is 0 Å². The molecule has 1 heterocycles. The zero-order valence-electron chi connectivity index (χ0n) is 16.2. The lowest BCUT2D eigenvalue weighted by Crippen LogP contribution is -2.36. The Morgan fingerprint density at radius 3 is 2.39 bits per heavy atom. The van der Waals surface area contributed by atoms with Crippen LogP contribution >= 0.6 is 11.3 Å². The maximum Gasteiger partial charge on any atom is 0.191 e. The summed E-state index contributed by atoms with van der Waals surface area (Å²) in [4.78, 5) is 9.80. The first kappa shape index (κ1) is 19.7. The lowest BCUT2D eigenvalue weighted by molar-refractivity contribution is 0.379. The summed E-state index contributed by atoms with van der Waals surface area (Å²) < 4.78 is 11.2. The number of rotatable bonds is 7. The van der Waals surface area contributed by atoms with E-state index < -0.39 is 0 Å². The number of aliphatic imine (C=N–C) groups is 1. The van der Waals surface area contributed by atoms with Crippen LogP contribution in [0.5, 0.6) is 17.2 Å². The minimum Gasteiger partial charge on any atom is -0.493 e. The van der Waals surface area contributed by atoms with Crippen LogP contribution in [0.15, 0.2) is 59.7 Å². The van der Waals surface area contributed by atoms with Gasteiger partial charge < -0.3 is 20.1 Å². The molecule has 28 heavy (non-hydrogen) atoms. The van der Waals surface area contributed by atoms with Crippen molar-refractivity contribution in [1.29, 1.82) is 0 Å². The number of methoxy groups -OCH3 is 1. The standard InChI is InChI=1S/C21H24N4O2S/c1-15-12-23-20(28-15)14-25-21(22-2)24-13-16-8-10-17(11-9-16)27-19-7-5-4-6-18(19)26-3/h4-12H,13-14H2,1-3H3,(H2,22,24,25). The summed E-state index contributed by atoms with van der Waals surface area (Å²) in [6.07, 6.45) is 1.88. The number of aromatic nitrogens is 1. The van der Waals surface area contributed by atoms with Crippen LogP contribution in [-0.2, 0) is 13.1 Å². The number of hydrogen-bond donors (Lipinski definition) is 2. The number of guanidine groups is 1. The van der Waals surface area contributed by atoms with Crippen molar-refractivity contribution in [3.8, 4) is 17.2 Å². The lowest BCUT2D eigenvalue weighted by Gasteiger charge is -2.12. The summed E-state index contributed by atoms with van der Waals surface area (Å²) in [6, 6.07) is 15.5.